The van der Waals surface area contributed by atoms with E-state index in [0.29, 0.717) is 31.1 Å². The fourth-order valence-electron chi connectivity index (χ4n) is 3.13. The van der Waals surface area contributed by atoms with Crippen LogP contribution < -0.4 is 5.43 Å². The zero-order chi connectivity index (χ0) is 20.9. The molecule has 2 aromatic rings. The lowest BCUT2D eigenvalue weighted by Crippen LogP contribution is -2.50. The molecule has 29 heavy (non-hydrogen) atoms. The minimum absolute atomic E-state index is 0.184. The molecule has 154 valence electrons. The van der Waals surface area contributed by atoms with Gasteiger partial charge in [0.05, 0.1) is 17.7 Å². The van der Waals surface area contributed by atoms with Gasteiger partial charge >= 0.3 is 0 Å². The van der Waals surface area contributed by atoms with Gasteiger partial charge in [0.15, 0.2) is 0 Å². The highest BCUT2D eigenvalue weighted by Gasteiger charge is 2.28. The molecule has 0 unspecified atom stereocenters. The van der Waals surface area contributed by atoms with Crippen molar-refractivity contribution in [2.75, 3.05) is 32.7 Å². The van der Waals surface area contributed by atoms with Gasteiger partial charge in [-0.15, -0.1) is 0 Å². The monoisotopic (exact) mass is 414 g/mol. The third-order valence-corrected chi connectivity index (χ3v) is 6.85. The van der Waals surface area contributed by atoms with Crippen molar-refractivity contribution in [2.24, 2.45) is 5.10 Å². The summed E-state index contributed by atoms with van der Waals surface area (Å²) in [7, 11) is -3.50. The lowest BCUT2D eigenvalue weighted by molar-refractivity contribution is -0.122. The van der Waals surface area contributed by atoms with Gasteiger partial charge in [0, 0.05) is 26.2 Å². The van der Waals surface area contributed by atoms with Crippen LogP contribution in [-0.4, -0.2) is 62.5 Å². The number of amides is 1. The average molecular weight is 415 g/mol. The van der Waals surface area contributed by atoms with E-state index >= 15 is 0 Å². The highest BCUT2D eigenvalue weighted by atomic mass is 32.2. The molecule has 0 radical (unpaired) electrons. The standard InChI is InChI=1S/C21H26N4O3S/c1-17-7-9-20(10-8-17)29(27,28)25-13-11-24(12-14-25)16-21(26)23-22-15-19-6-4-3-5-18(19)2/h3-10,15H,11-14,16H2,1-2H3,(H,23,26)/b22-15+. The van der Waals surface area contributed by atoms with Crippen molar-refractivity contribution in [3.05, 3.63) is 65.2 Å². The molecule has 0 saturated carbocycles. The van der Waals surface area contributed by atoms with E-state index in [4.69, 9.17) is 0 Å². The van der Waals surface area contributed by atoms with E-state index in [1.165, 1.54) is 4.31 Å². The van der Waals surface area contributed by atoms with Gasteiger partial charge in [-0.3, -0.25) is 9.69 Å². The molecule has 1 heterocycles. The van der Waals surface area contributed by atoms with Gasteiger partial charge in [-0.2, -0.15) is 9.41 Å². The summed E-state index contributed by atoms with van der Waals surface area (Å²) in [6.45, 7) is 5.80. The number of benzene rings is 2. The first-order chi connectivity index (χ1) is 13.9. The van der Waals surface area contributed by atoms with Crippen LogP contribution in [0.25, 0.3) is 0 Å². The Labute approximate surface area is 172 Å². The van der Waals surface area contributed by atoms with Crippen molar-refractivity contribution in [3.8, 4) is 0 Å². The van der Waals surface area contributed by atoms with E-state index in [1.807, 2.05) is 43.0 Å². The molecule has 0 spiro atoms. The van der Waals surface area contributed by atoms with E-state index in [2.05, 4.69) is 10.5 Å². The molecule has 0 bridgehead atoms. The van der Waals surface area contributed by atoms with Crippen molar-refractivity contribution in [1.29, 1.82) is 0 Å². The van der Waals surface area contributed by atoms with E-state index in [9.17, 15) is 13.2 Å². The molecule has 1 amide bonds. The number of piperazine rings is 1. The summed E-state index contributed by atoms with van der Waals surface area (Å²) >= 11 is 0. The number of sulfonamides is 1. The van der Waals surface area contributed by atoms with Crippen LogP contribution in [0.15, 0.2) is 58.5 Å². The molecule has 1 N–H and O–H groups in total. The number of carbonyl (C=O) groups excluding carboxylic acids is 1. The van der Waals surface area contributed by atoms with Gasteiger partial charge in [0.25, 0.3) is 5.91 Å². The molecule has 0 aliphatic carbocycles. The van der Waals surface area contributed by atoms with Crippen LogP contribution in [0.1, 0.15) is 16.7 Å². The summed E-state index contributed by atoms with van der Waals surface area (Å²) in [6.07, 6.45) is 1.62. The summed E-state index contributed by atoms with van der Waals surface area (Å²) in [5.41, 5.74) is 5.58. The van der Waals surface area contributed by atoms with E-state index in [0.717, 1.165) is 16.7 Å². The quantitative estimate of drug-likeness (QED) is 0.577. The van der Waals surface area contributed by atoms with Crippen molar-refractivity contribution < 1.29 is 13.2 Å². The Hall–Kier alpha value is -2.55. The number of hydrazone groups is 1. The molecule has 1 saturated heterocycles. The maximum Gasteiger partial charge on any atom is 0.254 e. The van der Waals surface area contributed by atoms with Crippen LogP contribution in [0.3, 0.4) is 0 Å². The zero-order valence-electron chi connectivity index (χ0n) is 16.7. The van der Waals surface area contributed by atoms with Crippen molar-refractivity contribution in [2.45, 2.75) is 18.7 Å². The second kappa shape index (κ2) is 9.30. The Balaban J connectivity index is 1.48. The lowest BCUT2D eigenvalue weighted by atomic mass is 10.1. The minimum atomic E-state index is -3.50. The Bertz CT molecular complexity index is 979. The third-order valence-electron chi connectivity index (χ3n) is 4.94. The molecule has 1 aliphatic rings. The van der Waals surface area contributed by atoms with Crippen LogP contribution in [-0.2, 0) is 14.8 Å². The van der Waals surface area contributed by atoms with Gasteiger partial charge < -0.3 is 0 Å². The van der Waals surface area contributed by atoms with Gasteiger partial charge in [0.2, 0.25) is 10.0 Å². The first-order valence-corrected chi connectivity index (χ1v) is 11.0. The van der Waals surface area contributed by atoms with Gasteiger partial charge in [-0.25, -0.2) is 13.8 Å². The highest BCUT2D eigenvalue weighted by Crippen LogP contribution is 2.18. The first kappa shape index (κ1) is 21.2. The van der Waals surface area contributed by atoms with Crippen LogP contribution >= 0.6 is 0 Å². The van der Waals surface area contributed by atoms with Gasteiger partial charge in [-0.05, 0) is 37.1 Å². The molecule has 1 fully saturated rings. The van der Waals surface area contributed by atoms with Gasteiger partial charge in [-0.1, -0.05) is 42.0 Å². The van der Waals surface area contributed by atoms with Crippen molar-refractivity contribution in [1.82, 2.24) is 14.6 Å². The highest BCUT2D eigenvalue weighted by molar-refractivity contribution is 7.89. The second-order valence-electron chi connectivity index (χ2n) is 7.14. The van der Waals surface area contributed by atoms with Crippen LogP contribution in [0, 0.1) is 13.8 Å². The van der Waals surface area contributed by atoms with Crippen LogP contribution in [0.2, 0.25) is 0 Å². The molecule has 2 aromatic carbocycles. The van der Waals surface area contributed by atoms with Crippen LogP contribution in [0.4, 0.5) is 0 Å². The maximum absolute atomic E-state index is 12.7. The number of rotatable bonds is 6. The Morgan fingerprint density at radius 3 is 2.34 bits per heavy atom. The van der Waals surface area contributed by atoms with Crippen LogP contribution in [0.5, 0.6) is 0 Å². The summed E-state index contributed by atoms with van der Waals surface area (Å²) in [5.74, 6) is -0.218. The fourth-order valence-corrected chi connectivity index (χ4v) is 4.55. The molecule has 0 atom stereocenters. The number of nitrogens with zero attached hydrogens (tertiary/aromatic N) is 3. The number of aryl methyl sites for hydroxylation is 2. The predicted molar refractivity (Wildman–Crippen MR) is 113 cm³/mol. The average Bonchev–Trinajstić information content (AvgIpc) is 2.70. The minimum Gasteiger partial charge on any atom is -0.292 e. The topological polar surface area (TPSA) is 82.1 Å². The van der Waals surface area contributed by atoms with Crippen molar-refractivity contribution in [3.63, 3.8) is 0 Å². The Kier molecular flexibility index (Phi) is 6.79. The largest absolute Gasteiger partial charge is 0.292 e. The number of hydrogen-bond donors (Lipinski definition) is 1. The summed E-state index contributed by atoms with van der Waals surface area (Å²) in [6, 6.07) is 14.6. The van der Waals surface area contributed by atoms with E-state index in [-0.39, 0.29) is 12.5 Å². The molecule has 0 aromatic heterocycles. The number of hydrogen-bond acceptors (Lipinski definition) is 5. The summed E-state index contributed by atoms with van der Waals surface area (Å²) in [4.78, 5) is 14.4. The van der Waals surface area contributed by atoms with Crippen molar-refractivity contribution >= 4 is 22.1 Å². The molecule has 1 aliphatic heterocycles. The van der Waals surface area contributed by atoms with Gasteiger partial charge in [0.1, 0.15) is 0 Å². The normalized spacial score (nSPS) is 16.2. The number of carbonyl (C=O) groups is 1. The van der Waals surface area contributed by atoms with E-state index < -0.39 is 10.0 Å². The van der Waals surface area contributed by atoms with E-state index in [1.54, 1.807) is 30.5 Å². The molecular weight excluding hydrogens is 388 g/mol. The predicted octanol–water partition coefficient (Wildman–Crippen LogP) is 1.76. The smallest absolute Gasteiger partial charge is 0.254 e. The summed E-state index contributed by atoms with van der Waals surface area (Å²) < 4.78 is 27.0. The molecule has 7 nitrogen and oxygen atoms in total. The lowest BCUT2D eigenvalue weighted by Gasteiger charge is -2.33. The Morgan fingerprint density at radius 2 is 1.69 bits per heavy atom. The zero-order valence-corrected chi connectivity index (χ0v) is 17.5. The Morgan fingerprint density at radius 1 is 1.03 bits per heavy atom. The number of nitrogens with one attached hydrogen (secondary N) is 1. The first-order valence-electron chi connectivity index (χ1n) is 9.53. The summed E-state index contributed by atoms with van der Waals surface area (Å²) in [5, 5.41) is 4.01. The SMILES string of the molecule is Cc1ccc(S(=O)(=O)N2CCN(CC(=O)N/N=C/c3ccccc3C)CC2)cc1. The second-order valence-corrected chi connectivity index (χ2v) is 9.08. The maximum atomic E-state index is 12.7. The molecule has 3 rings (SSSR count). The molecule has 8 heteroatoms. The molecular formula is C21H26N4O3S. The third kappa shape index (κ3) is 5.50. The fraction of sp³-hybridized carbons (Fsp3) is 0.333.